The first-order valence-corrected chi connectivity index (χ1v) is 9.12. The largest absolute Gasteiger partial charge is 0.313 e. The summed E-state index contributed by atoms with van der Waals surface area (Å²) >= 11 is 6.15. The van der Waals surface area contributed by atoms with E-state index in [0.717, 1.165) is 12.1 Å². The maximum Gasteiger partial charge on any atom is 0.240 e. The number of hydrogen-bond donors (Lipinski definition) is 2. The number of rotatable bonds is 8. The third kappa shape index (κ3) is 5.58. The highest BCUT2D eigenvalue weighted by molar-refractivity contribution is 7.89. The summed E-state index contributed by atoms with van der Waals surface area (Å²) < 4.78 is 27.1. The van der Waals surface area contributed by atoms with Gasteiger partial charge in [0.25, 0.3) is 0 Å². The molecule has 21 heavy (non-hydrogen) atoms. The van der Waals surface area contributed by atoms with Crippen molar-refractivity contribution in [2.24, 2.45) is 11.8 Å². The Morgan fingerprint density at radius 2 is 1.90 bits per heavy atom. The average Bonchev–Trinajstić information content (AvgIpc) is 2.43. The van der Waals surface area contributed by atoms with Gasteiger partial charge in [0, 0.05) is 18.1 Å². The van der Waals surface area contributed by atoms with E-state index in [2.05, 4.69) is 23.9 Å². The van der Waals surface area contributed by atoms with Crippen molar-refractivity contribution in [3.05, 3.63) is 28.8 Å². The second kappa shape index (κ2) is 8.13. The fraction of sp³-hybridized carbons (Fsp3) is 0.600. The fourth-order valence-corrected chi connectivity index (χ4v) is 3.14. The molecule has 0 saturated carbocycles. The van der Waals surface area contributed by atoms with Crippen molar-refractivity contribution in [3.8, 4) is 0 Å². The molecule has 0 amide bonds. The van der Waals surface area contributed by atoms with Crippen LogP contribution in [0.1, 0.15) is 33.3 Å². The highest BCUT2D eigenvalue weighted by Crippen LogP contribution is 2.21. The third-order valence-corrected chi connectivity index (χ3v) is 5.41. The van der Waals surface area contributed by atoms with Crippen LogP contribution in [-0.4, -0.2) is 21.5 Å². The minimum atomic E-state index is -3.50. The molecule has 6 heteroatoms. The van der Waals surface area contributed by atoms with E-state index in [1.807, 2.05) is 13.8 Å². The Kier molecular flexibility index (Phi) is 7.13. The smallest absolute Gasteiger partial charge is 0.240 e. The first kappa shape index (κ1) is 18.4. The molecule has 0 aliphatic rings. The van der Waals surface area contributed by atoms with Gasteiger partial charge in [-0.25, -0.2) is 13.1 Å². The van der Waals surface area contributed by atoms with Crippen LogP contribution in [0.5, 0.6) is 0 Å². The Labute approximate surface area is 133 Å². The fourth-order valence-electron chi connectivity index (χ4n) is 1.66. The maximum atomic E-state index is 12.3. The van der Waals surface area contributed by atoms with Gasteiger partial charge in [-0.1, -0.05) is 45.4 Å². The van der Waals surface area contributed by atoms with Crippen LogP contribution in [0.2, 0.25) is 5.02 Å². The summed E-state index contributed by atoms with van der Waals surface area (Å²) in [6.07, 6.45) is 0. The van der Waals surface area contributed by atoms with Gasteiger partial charge in [0.2, 0.25) is 10.0 Å². The van der Waals surface area contributed by atoms with Gasteiger partial charge in [0.15, 0.2) is 0 Å². The molecule has 0 saturated heterocycles. The second-order valence-corrected chi connectivity index (χ2v) is 7.78. The summed E-state index contributed by atoms with van der Waals surface area (Å²) in [6.45, 7) is 10.1. The Morgan fingerprint density at radius 1 is 1.24 bits per heavy atom. The highest BCUT2D eigenvalue weighted by Gasteiger charge is 2.17. The van der Waals surface area contributed by atoms with E-state index >= 15 is 0 Å². The lowest BCUT2D eigenvalue weighted by atomic mass is 9.99. The molecule has 1 aromatic carbocycles. The molecule has 0 radical (unpaired) electrons. The van der Waals surface area contributed by atoms with Gasteiger partial charge in [-0.3, -0.25) is 0 Å². The van der Waals surface area contributed by atoms with Gasteiger partial charge < -0.3 is 5.32 Å². The molecule has 2 N–H and O–H groups in total. The van der Waals surface area contributed by atoms with Crippen LogP contribution in [0.4, 0.5) is 0 Å². The summed E-state index contributed by atoms with van der Waals surface area (Å²) in [5.74, 6) is 0.710. The van der Waals surface area contributed by atoms with E-state index < -0.39 is 10.0 Å². The molecule has 0 bridgehead atoms. The topological polar surface area (TPSA) is 58.2 Å². The number of sulfonamides is 1. The van der Waals surface area contributed by atoms with Crippen LogP contribution in [0.25, 0.3) is 0 Å². The van der Waals surface area contributed by atoms with Crippen LogP contribution >= 0.6 is 11.6 Å². The summed E-state index contributed by atoms with van der Waals surface area (Å²) in [5, 5.41) is 3.63. The molecule has 4 nitrogen and oxygen atoms in total. The summed E-state index contributed by atoms with van der Waals surface area (Å²) in [7, 11) is -3.50. The van der Waals surface area contributed by atoms with E-state index in [1.165, 1.54) is 6.07 Å². The molecule has 1 aromatic rings. The minimum absolute atomic E-state index is 0.212. The normalized spacial score (nSPS) is 13.6. The van der Waals surface area contributed by atoms with E-state index in [1.54, 1.807) is 12.1 Å². The Bertz CT molecular complexity index is 559. The Hall–Kier alpha value is -0.620. The Balaban J connectivity index is 2.82. The SMILES string of the molecule is CCNCc1ccc(S(=O)(=O)NCC(C)C(C)C)cc1Cl. The molecule has 0 fully saturated rings. The molecular weight excluding hydrogens is 308 g/mol. The van der Waals surface area contributed by atoms with Gasteiger partial charge in [0.1, 0.15) is 0 Å². The van der Waals surface area contributed by atoms with Crippen molar-refractivity contribution in [3.63, 3.8) is 0 Å². The number of hydrogen-bond acceptors (Lipinski definition) is 3. The van der Waals surface area contributed by atoms with Gasteiger partial charge in [-0.05, 0) is 36.1 Å². The second-order valence-electron chi connectivity index (χ2n) is 5.61. The molecule has 0 aliphatic heterocycles. The van der Waals surface area contributed by atoms with E-state index in [9.17, 15) is 8.42 Å². The molecule has 0 heterocycles. The van der Waals surface area contributed by atoms with Crippen molar-refractivity contribution < 1.29 is 8.42 Å². The van der Waals surface area contributed by atoms with Gasteiger partial charge in [0.05, 0.1) is 4.90 Å². The van der Waals surface area contributed by atoms with Crippen LogP contribution in [0, 0.1) is 11.8 Å². The zero-order valence-corrected chi connectivity index (χ0v) is 14.7. The van der Waals surface area contributed by atoms with Gasteiger partial charge in [-0.2, -0.15) is 0 Å². The zero-order valence-electron chi connectivity index (χ0n) is 13.1. The lowest BCUT2D eigenvalue weighted by Gasteiger charge is -2.16. The van der Waals surface area contributed by atoms with Crippen molar-refractivity contribution in [2.75, 3.05) is 13.1 Å². The van der Waals surface area contributed by atoms with Crippen molar-refractivity contribution in [2.45, 2.75) is 39.1 Å². The van der Waals surface area contributed by atoms with E-state index in [4.69, 9.17) is 11.6 Å². The number of halogens is 1. The molecule has 0 aliphatic carbocycles. The van der Waals surface area contributed by atoms with Crippen molar-refractivity contribution >= 4 is 21.6 Å². The lowest BCUT2D eigenvalue weighted by Crippen LogP contribution is -2.30. The zero-order chi connectivity index (χ0) is 16.0. The predicted molar refractivity (Wildman–Crippen MR) is 88.0 cm³/mol. The van der Waals surface area contributed by atoms with Gasteiger partial charge >= 0.3 is 0 Å². The molecule has 1 rings (SSSR count). The van der Waals surface area contributed by atoms with Crippen LogP contribution < -0.4 is 10.0 Å². The molecule has 1 atom stereocenters. The molecule has 0 spiro atoms. The molecule has 0 aromatic heterocycles. The first-order chi connectivity index (χ1) is 9.77. The van der Waals surface area contributed by atoms with Crippen molar-refractivity contribution in [1.29, 1.82) is 0 Å². The monoisotopic (exact) mass is 332 g/mol. The van der Waals surface area contributed by atoms with E-state index in [0.29, 0.717) is 24.0 Å². The van der Waals surface area contributed by atoms with Crippen molar-refractivity contribution in [1.82, 2.24) is 10.0 Å². The molecular formula is C15H25ClN2O2S. The van der Waals surface area contributed by atoms with E-state index in [-0.39, 0.29) is 10.8 Å². The lowest BCUT2D eigenvalue weighted by molar-refractivity contribution is 0.414. The summed E-state index contributed by atoms with van der Waals surface area (Å²) in [4.78, 5) is 0.212. The van der Waals surface area contributed by atoms with Gasteiger partial charge in [-0.15, -0.1) is 0 Å². The number of nitrogens with one attached hydrogen (secondary N) is 2. The summed E-state index contributed by atoms with van der Waals surface area (Å²) in [5.41, 5.74) is 0.896. The predicted octanol–water partition coefficient (Wildman–Crippen LogP) is 3.02. The molecule has 120 valence electrons. The summed E-state index contributed by atoms with van der Waals surface area (Å²) in [6, 6.07) is 4.86. The van der Waals surface area contributed by atoms with Crippen LogP contribution in [-0.2, 0) is 16.6 Å². The van der Waals surface area contributed by atoms with Crippen LogP contribution in [0.15, 0.2) is 23.1 Å². The quantitative estimate of drug-likeness (QED) is 0.769. The van der Waals surface area contributed by atoms with Crippen LogP contribution in [0.3, 0.4) is 0 Å². The third-order valence-electron chi connectivity index (χ3n) is 3.63. The highest BCUT2D eigenvalue weighted by atomic mass is 35.5. The number of benzene rings is 1. The molecule has 1 unspecified atom stereocenters. The first-order valence-electron chi connectivity index (χ1n) is 7.26. The Morgan fingerprint density at radius 3 is 2.43 bits per heavy atom. The standard InChI is InChI=1S/C15H25ClN2O2S/c1-5-17-10-13-6-7-14(8-15(13)16)21(19,20)18-9-12(4)11(2)3/h6-8,11-12,17-18H,5,9-10H2,1-4H3. The average molecular weight is 333 g/mol. The maximum absolute atomic E-state index is 12.3. The minimum Gasteiger partial charge on any atom is -0.313 e.